The van der Waals surface area contributed by atoms with Crippen molar-refractivity contribution in [2.75, 3.05) is 25.9 Å². The van der Waals surface area contributed by atoms with Gasteiger partial charge in [-0.3, -0.25) is 28.4 Å². The third kappa shape index (κ3) is 6.33. The number of nitrogens with two attached hydrogens (primary N) is 1. The predicted molar refractivity (Wildman–Crippen MR) is 133 cm³/mol. The lowest BCUT2D eigenvalue weighted by atomic mass is 10.1. The number of methoxy groups -OCH3 is 1. The van der Waals surface area contributed by atoms with Crippen molar-refractivity contribution >= 4 is 17.6 Å². The van der Waals surface area contributed by atoms with Crippen LogP contribution in [0.4, 0.5) is 5.82 Å². The van der Waals surface area contributed by atoms with E-state index in [1.807, 2.05) is 60.7 Å². The highest BCUT2D eigenvalue weighted by atomic mass is 16.5. The van der Waals surface area contributed by atoms with Crippen LogP contribution in [0, 0.1) is 0 Å². The van der Waals surface area contributed by atoms with Crippen molar-refractivity contribution < 1.29 is 14.3 Å². The Labute approximate surface area is 203 Å². The molecule has 0 aliphatic rings. The molecule has 184 valence electrons. The number of nitrogens with zero attached hydrogens (tertiary/aromatic N) is 3. The lowest BCUT2D eigenvalue weighted by molar-refractivity contribution is -0.141. The van der Waals surface area contributed by atoms with Gasteiger partial charge < -0.3 is 10.5 Å². The quantitative estimate of drug-likeness (QED) is 0.330. The number of hydrogen-bond acceptors (Lipinski definition) is 7. The molecule has 0 saturated heterocycles. The van der Waals surface area contributed by atoms with Gasteiger partial charge in [-0.1, -0.05) is 60.7 Å². The molecule has 3 rings (SSSR count). The van der Waals surface area contributed by atoms with E-state index < -0.39 is 23.0 Å². The molecular formula is C26H30N4O5. The number of nitrogen functional groups attached to an aromatic ring is 1. The number of rotatable bonds is 11. The number of ether oxygens (including phenoxy) is 1. The summed E-state index contributed by atoms with van der Waals surface area (Å²) in [5.41, 5.74) is 6.52. The Kier molecular flexibility index (Phi) is 8.74. The summed E-state index contributed by atoms with van der Waals surface area (Å²) in [6.07, 6.45) is 0.0821. The van der Waals surface area contributed by atoms with Gasteiger partial charge >= 0.3 is 11.7 Å². The fourth-order valence-corrected chi connectivity index (χ4v) is 3.86. The number of benzene rings is 2. The highest BCUT2D eigenvalue weighted by Gasteiger charge is 2.24. The van der Waals surface area contributed by atoms with E-state index in [-0.39, 0.29) is 44.0 Å². The van der Waals surface area contributed by atoms with Crippen LogP contribution < -0.4 is 17.0 Å². The zero-order valence-corrected chi connectivity index (χ0v) is 20.0. The average Bonchev–Trinajstić information content (AvgIpc) is 2.86. The van der Waals surface area contributed by atoms with Crippen molar-refractivity contribution in [2.24, 2.45) is 0 Å². The van der Waals surface area contributed by atoms with Crippen LogP contribution in [0.15, 0.2) is 70.3 Å². The van der Waals surface area contributed by atoms with Gasteiger partial charge in [0.25, 0.3) is 5.56 Å². The van der Waals surface area contributed by atoms with E-state index >= 15 is 0 Å². The summed E-state index contributed by atoms with van der Waals surface area (Å²) >= 11 is 0. The highest BCUT2D eigenvalue weighted by molar-refractivity contribution is 6.01. The van der Waals surface area contributed by atoms with Crippen molar-refractivity contribution in [2.45, 2.75) is 33.0 Å². The maximum atomic E-state index is 13.4. The summed E-state index contributed by atoms with van der Waals surface area (Å²) in [5.74, 6) is -1.08. The molecule has 2 aromatic carbocycles. The van der Waals surface area contributed by atoms with Crippen LogP contribution in [0.3, 0.4) is 0 Å². The maximum absolute atomic E-state index is 13.4. The van der Waals surface area contributed by atoms with Gasteiger partial charge in [0.05, 0.1) is 26.6 Å². The number of aromatic nitrogens is 2. The molecule has 0 unspecified atom stereocenters. The maximum Gasteiger partial charge on any atom is 0.332 e. The van der Waals surface area contributed by atoms with Crippen molar-refractivity contribution in [3.63, 3.8) is 0 Å². The van der Waals surface area contributed by atoms with Crippen LogP contribution >= 0.6 is 0 Å². The van der Waals surface area contributed by atoms with E-state index in [0.717, 1.165) is 15.7 Å². The van der Waals surface area contributed by atoms with Crippen LogP contribution in [-0.4, -0.2) is 46.0 Å². The first-order valence-electron chi connectivity index (χ1n) is 11.4. The molecule has 0 atom stereocenters. The lowest BCUT2D eigenvalue weighted by Gasteiger charge is -2.22. The Hall–Kier alpha value is -3.98. The standard InChI is InChI=1S/C26H30N4O5/c1-3-29-25(33)23(24(27)30(26(29)34)17-20-12-8-5-9-13-20)21(31)18-28(15-14-22(32)35-2)16-19-10-6-4-7-11-19/h4-13H,3,14-18,27H2,1-2H3. The molecule has 0 aliphatic carbocycles. The summed E-state index contributed by atoms with van der Waals surface area (Å²) in [7, 11) is 1.30. The molecule has 0 bridgehead atoms. The molecule has 0 fully saturated rings. The zero-order valence-electron chi connectivity index (χ0n) is 20.0. The van der Waals surface area contributed by atoms with E-state index in [1.165, 1.54) is 11.7 Å². The van der Waals surface area contributed by atoms with Gasteiger partial charge in [-0.25, -0.2) is 4.79 Å². The molecule has 1 aromatic heterocycles. The van der Waals surface area contributed by atoms with Gasteiger partial charge in [0, 0.05) is 19.6 Å². The van der Waals surface area contributed by atoms with Crippen LogP contribution in [0.5, 0.6) is 0 Å². The SMILES string of the molecule is CCn1c(=O)c(C(=O)CN(CCC(=O)OC)Cc2ccccc2)c(N)n(Cc2ccccc2)c1=O. The number of carbonyl (C=O) groups is 2. The van der Waals surface area contributed by atoms with Gasteiger partial charge in [-0.15, -0.1) is 0 Å². The van der Waals surface area contributed by atoms with Crippen LogP contribution in [0.1, 0.15) is 34.8 Å². The van der Waals surface area contributed by atoms with Crippen molar-refractivity contribution in [1.29, 1.82) is 0 Å². The van der Waals surface area contributed by atoms with Gasteiger partial charge in [0.15, 0.2) is 5.78 Å². The smallest absolute Gasteiger partial charge is 0.332 e. The Morgan fingerprint density at radius 1 is 0.943 bits per heavy atom. The summed E-state index contributed by atoms with van der Waals surface area (Å²) in [4.78, 5) is 53.0. The Morgan fingerprint density at radius 2 is 1.54 bits per heavy atom. The molecule has 2 N–H and O–H groups in total. The molecule has 0 saturated carbocycles. The molecule has 35 heavy (non-hydrogen) atoms. The molecule has 0 amide bonds. The van der Waals surface area contributed by atoms with Gasteiger partial charge in [-0.05, 0) is 18.1 Å². The second-order valence-corrected chi connectivity index (χ2v) is 8.11. The summed E-state index contributed by atoms with van der Waals surface area (Å²) in [6.45, 7) is 2.37. The largest absolute Gasteiger partial charge is 0.469 e. The van der Waals surface area contributed by atoms with Gasteiger partial charge in [-0.2, -0.15) is 0 Å². The van der Waals surface area contributed by atoms with E-state index in [2.05, 4.69) is 0 Å². The molecule has 3 aromatic rings. The second kappa shape index (κ2) is 11.9. The van der Waals surface area contributed by atoms with Crippen molar-refractivity contribution in [3.05, 3.63) is 98.2 Å². The van der Waals surface area contributed by atoms with E-state index in [1.54, 1.807) is 11.8 Å². The fraction of sp³-hybridized carbons (Fsp3) is 0.308. The van der Waals surface area contributed by atoms with Crippen LogP contribution in [-0.2, 0) is 29.2 Å². The topological polar surface area (TPSA) is 117 Å². The third-order valence-corrected chi connectivity index (χ3v) is 5.72. The monoisotopic (exact) mass is 478 g/mol. The summed E-state index contributed by atoms with van der Waals surface area (Å²) < 4.78 is 7.00. The van der Waals surface area contributed by atoms with Crippen LogP contribution in [0.2, 0.25) is 0 Å². The molecule has 0 radical (unpaired) electrons. The first kappa shape index (κ1) is 25.6. The van der Waals surface area contributed by atoms with E-state index in [9.17, 15) is 19.2 Å². The normalized spacial score (nSPS) is 10.9. The third-order valence-electron chi connectivity index (χ3n) is 5.72. The Balaban J connectivity index is 1.96. The molecule has 9 nitrogen and oxygen atoms in total. The number of hydrogen-bond donors (Lipinski definition) is 1. The number of ketones is 1. The van der Waals surface area contributed by atoms with Crippen LogP contribution in [0.25, 0.3) is 0 Å². The van der Waals surface area contributed by atoms with Crippen molar-refractivity contribution in [3.8, 4) is 0 Å². The second-order valence-electron chi connectivity index (χ2n) is 8.11. The van der Waals surface area contributed by atoms with Crippen molar-refractivity contribution in [1.82, 2.24) is 14.0 Å². The van der Waals surface area contributed by atoms with Gasteiger partial charge in [0.2, 0.25) is 0 Å². The minimum Gasteiger partial charge on any atom is -0.469 e. The number of carbonyl (C=O) groups excluding carboxylic acids is 2. The molecule has 9 heteroatoms. The number of esters is 1. The molecule has 0 aliphatic heterocycles. The van der Waals surface area contributed by atoms with E-state index in [0.29, 0.717) is 6.54 Å². The fourth-order valence-electron chi connectivity index (χ4n) is 3.86. The Morgan fingerprint density at radius 3 is 2.11 bits per heavy atom. The minimum absolute atomic E-state index is 0.0821. The number of anilines is 1. The molecule has 0 spiro atoms. The summed E-state index contributed by atoms with van der Waals surface area (Å²) in [5, 5.41) is 0. The first-order valence-corrected chi connectivity index (χ1v) is 11.4. The minimum atomic E-state index is -0.711. The highest BCUT2D eigenvalue weighted by Crippen LogP contribution is 2.12. The average molecular weight is 479 g/mol. The predicted octanol–water partition coefficient (Wildman–Crippen LogP) is 1.91. The van der Waals surface area contributed by atoms with E-state index in [4.69, 9.17) is 10.5 Å². The zero-order chi connectivity index (χ0) is 25.4. The lowest BCUT2D eigenvalue weighted by Crippen LogP contribution is -2.45. The summed E-state index contributed by atoms with van der Waals surface area (Å²) in [6, 6.07) is 18.7. The van der Waals surface area contributed by atoms with Gasteiger partial charge in [0.1, 0.15) is 11.4 Å². The first-order chi connectivity index (χ1) is 16.8. The molecular weight excluding hydrogens is 448 g/mol. The molecule has 1 heterocycles. The number of Topliss-reactive ketones (excluding diaryl/α,β-unsaturated/α-hetero) is 1. The Bertz CT molecular complexity index is 1280.